The smallest absolute Gasteiger partial charge is 0.269 e. The number of carbonyl (C=O) groups excluding carboxylic acids is 1. The molecule has 0 fully saturated rings. The number of hydrogen-bond donors (Lipinski definition) is 1. The summed E-state index contributed by atoms with van der Waals surface area (Å²) in [7, 11) is 0. The van der Waals surface area contributed by atoms with Crippen molar-refractivity contribution in [3.05, 3.63) is 48.2 Å². The Kier molecular flexibility index (Phi) is 2.16. The molecule has 0 saturated carbocycles. The van der Waals surface area contributed by atoms with Crippen molar-refractivity contribution in [3.8, 4) is 0 Å². The van der Waals surface area contributed by atoms with E-state index in [4.69, 9.17) is 5.73 Å². The molecule has 6 nitrogen and oxygen atoms in total. The van der Waals surface area contributed by atoms with Crippen LogP contribution in [0.15, 0.2) is 36.8 Å². The molecule has 90 valence electrons. The Morgan fingerprint density at radius 3 is 2.78 bits per heavy atom. The van der Waals surface area contributed by atoms with Crippen LogP contribution in [0.3, 0.4) is 0 Å². The molecular weight excluding hydrogens is 230 g/mol. The maximum atomic E-state index is 11.4. The summed E-state index contributed by atoms with van der Waals surface area (Å²) in [6.45, 7) is 1.89. The molecule has 0 radical (unpaired) electrons. The molecule has 0 saturated heterocycles. The summed E-state index contributed by atoms with van der Waals surface area (Å²) in [6.07, 6.45) is 3.46. The highest BCUT2D eigenvalue weighted by molar-refractivity contribution is 6.04. The van der Waals surface area contributed by atoms with E-state index in [1.807, 2.05) is 37.4 Å². The number of aromatic nitrogens is 4. The number of imidazole rings is 1. The third-order valence-electron chi connectivity index (χ3n) is 2.72. The molecule has 0 aliphatic rings. The minimum atomic E-state index is -0.540. The highest BCUT2D eigenvalue weighted by atomic mass is 16.1. The molecule has 2 aromatic heterocycles. The molecular formula is C12H11N5O. The minimum absolute atomic E-state index is 0.261. The van der Waals surface area contributed by atoms with Crippen LogP contribution in [0.4, 0.5) is 0 Å². The number of carbonyl (C=O) groups is 1. The van der Waals surface area contributed by atoms with Crippen molar-refractivity contribution in [2.75, 3.05) is 0 Å². The Morgan fingerprint density at radius 1 is 1.33 bits per heavy atom. The first-order valence-electron chi connectivity index (χ1n) is 5.45. The molecule has 1 amide bonds. The first-order chi connectivity index (χ1) is 8.66. The quantitative estimate of drug-likeness (QED) is 0.725. The van der Waals surface area contributed by atoms with Crippen molar-refractivity contribution in [2.45, 2.75) is 6.92 Å². The average molecular weight is 241 g/mol. The predicted molar refractivity (Wildman–Crippen MR) is 66.0 cm³/mol. The minimum Gasteiger partial charge on any atom is -0.364 e. The van der Waals surface area contributed by atoms with Gasteiger partial charge in [0.1, 0.15) is 6.33 Å². The standard InChI is InChI=1S/C12H11N5O/c1-8-6-16(7-14-8)17-10-5-3-2-4-9(10)11(15-17)12(13)18/h2-7H,1H3,(H2,13,18). The van der Waals surface area contributed by atoms with Crippen molar-refractivity contribution >= 4 is 16.8 Å². The van der Waals surface area contributed by atoms with E-state index in [2.05, 4.69) is 10.1 Å². The predicted octanol–water partition coefficient (Wildman–Crippen LogP) is 0.952. The van der Waals surface area contributed by atoms with Gasteiger partial charge in [-0.05, 0) is 13.0 Å². The van der Waals surface area contributed by atoms with Crippen molar-refractivity contribution in [1.29, 1.82) is 0 Å². The fraction of sp³-hybridized carbons (Fsp3) is 0.0833. The van der Waals surface area contributed by atoms with Crippen molar-refractivity contribution in [2.24, 2.45) is 5.73 Å². The molecule has 0 aliphatic carbocycles. The van der Waals surface area contributed by atoms with Crippen LogP contribution in [0.25, 0.3) is 10.9 Å². The third kappa shape index (κ3) is 1.46. The number of benzene rings is 1. The van der Waals surface area contributed by atoms with Gasteiger partial charge in [-0.15, -0.1) is 5.10 Å². The molecule has 18 heavy (non-hydrogen) atoms. The molecule has 2 heterocycles. The summed E-state index contributed by atoms with van der Waals surface area (Å²) in [5.41, 5.74) is 7.28. The number of nitrogens with two attached hydrogens (primary N) is 1. The van der Waals surface area contributed by atoms with Crippen LogP contribution in [0.1, 0.15) is 16.2 Å². The van der Waals surface area contributed by atoms with Gasteiger partial charge in [-0.3, -0.25) is 4.79 Å². The second-order valence-corrected chi connectivity index (χ2v) is 4.01. The van der Waals surface area contributed by atoms with Gasteiger partial charge in [-0.1, -0.05) is 18.2 Å². The Bertz CT molecular complexity index is 740. The largest absolute Gasteiger partial charge is 0.364 e. The van der Waals surface area contributed by atoms with E-state index in [-0.39, 0.29) is 5.69 Å². The number of aryl methyl sites for hydroxylation is 1. The SMILES string of the molecule is Cc1cn(-n2nc(C(N)=O)c3ccccc32)cn1. The lowest BCUT2D eigenvalue weighted by atomic mass is 10.2. The number of primary amides is 1. The maximum Gasteiger partial charge on any atom is 0.269 e. The van der Waals surface area contributed by atoms with E-state index < -0.39 is 5.91 Å². The van der Waals surface area contributed by atoms with Crippen molar-refractivity contribution in [3.63, 3.8) is 0 Å². The van der Waals surface area contributed by atoms with Gasteiger partial charge >= 0.3 is 0 Å². The summed E-state index contributed by atoms with van der Waals surface area (Å²) in [6, 6.07) is 7.43. The second-order valence-electron chi connectivity index (χ2n) is 4.01. The highest BCUT2D eigenvalue weighted by Crippen LogP contribution is 2.18. The van der Waals surface area contributed by atoms with Gasteiger partial charge in [0.05, 0.1) is 17.4 Å². The molecule has 0 aliphatic heterocycles. The zero-order valence-electron chi connectivity index (χ0n) is 9.74. The first-order valence-corrected chi connectivity index (χ1v) is 5.45. The lowest BCUT2D eigenvalue weighted by molar-refractivity contribution is 0.0996. The van der Waals surface area contributed by atoms with Crippen molar-refractivity contribution < 1.29 is 4.79 Å². The molecule has 1 aromatic carbocycles. The Labute approximate surface area is 103 Å². The Hall–Kier alpha value is -2.63. The number of rotatable bonds is 2. The van der Waals surface area contributed by atoms with Crippen LogP contribution in [0, 0.1) is 6.92 Å². The zero-order chi connectivity index (χ0) is 12.7. The normalized spacial score (nSPS) is 10.9. The van der Waals surface area contributed by atoms with Crippen LogP contribution in [-0.2, 0) is 0 Å². The first kappa shape index (κ1) is 10.5. The van der Waals surface area contributed by atoms with E-state index in [9.17, 15) is 4.79 Å². The maximum absolute atomic E-state index is 11.4. The van der Waals surface area contributed by atoms with Crippen LogP contribution in [0.2, 0.25) is 0 Å². The Balaban J connectivity index is 2.33. The number of para-hydroxylation sites is 1. The van der Waals surface area contributed by atoms with Crippen LogP contribution in [0.5, 0.6) is 0 Å². The van der Waals surface area contributed by atoms with Crippen LogP contribution in [-0.4, -0.2) is 25.5 Å². The van der Waals surface area contributed by atoms with Crippen LogP contribution >= 0.6 is 0 Å². The summed E-state index contributed by atoms with van der Waals surface area (Å²) in [5.74, 6) is -0.540. The highest BCUT2D eigenvalue weighted by Gasteiger charge is 2.15. The monoisotopic (exact) mass is 241 g/mol. The third-order valence-corrected chi connectivity index (χ3v) is 2.72. The van der Waals surface area contributed by atoms with Crippen molar-refractivity contribution in [1.82, 2.24) is 19.5 Å². The number of amides is 1. The topological polar surface area (TPSA) is 78.7 Å². The zero-order valence-corrected chi connectivity index (χ0v) is 9.74. The molecule has 0 unspecified atom stereocenters. The molecule has 3 rings (SSSR count). The molecule has 3 aromatic rings. The van der Waals surface area contributed by atoms with Gasteiger partial charge in [-0.2, -0.15) is 4.79 Å². The molecule has 0 bridgehead atoms. The van der Waals surface area contributed by atoms with E-state index in [1.54, 1.807) is 15.8 Å². The van der Waals surface area contributed by atoms with E-state index in [1.165, 1.54) is 0 Å². The van der Waals surface area contributed by atoms with Gasteiger partial charge < -0.3 is 5.73 Å². The van der Waals surface area contributed by atoms with E-state index in [0.717, 1.165) is 16.6 Å². The number of hydrogen-bond acceptors (Lipinski definition) is 3. The molecule has 2 N–H and O–H groups in total. The van der Waals surface area contributed by atoms with Gasteiger partial charge in [0.25, 0.3) is 5.91 Å². The number of nitrogens with zero attached hydrogens (tertiary/aromatic N) is 4. The summed E-state index contributed by atoms with van der Waals surface area (Å²) in [4.78, 5) is 17.1. The van der Waals surface area contributed by atoms with E-state index >= 15 is 0 Å². The van der Waals surface area contributed by atoms with Gasteiger partial charge in [-0.25, -0.2) is 9.66 Å². The molecule has 6 heteroatoms. The van der Waals surface area contributed by atoms with Crippen LogP contribution < -0.4 is 5.73 Å². The summed E-state index contributed by atoms with van der Waals surface area (Å²) >= 11 is 0. The Morgan fingerprint density at radius 2 is 2.11 bits per heavy atom. The van der Waals surface area contributed by atoms with Gasteiger partial charge in [0.2, 0.25) is 0 Å². The molecule has 0 atom stereocenters. The fourth-order valence-corrected chi connectivity index (χ4v) is 1.92. The lowest BCUT2D eigenvalue weighted by Crippen LogP contribution is -2.14. The lowest BCUT2D eigenvalue weighted by Gasteiger charge is -2.02. The molecule has 0 spiro atoms. The van der Waals surface area contributed by atoms with Gasteiger partial charge in [0.15, 0.2) is 5.69 Å². The second kappa shape index (κ2) is 3.69. The average Bonchev–Trinajstić information content (AvgIpc) is 2.92. The fourth-order valence-electron chi connectivity index (χ4n) is 1.92. The van der Waals surface area contributed by atoms with E-state index in [0.29, 0.717) is 0 Å². The number of fused-ring (bicyclic) bond motifs is 1. The van der Waals surface area contributed by atoms with Gasteiger partial charge in [0, 0.05) is 5.39 Å². The summed E-state index contributed by atoms with van der Waals surface area (Å²) < 4.78 is 1.71. The summed E-state index contributed by atoms with van der Waals surface area (Å²) in [5, 5.41) is 4.97.